The van der Waals surface area contributed by atoms with Gasteiger partial charge < -0.3 is 19.8 Å². The summed E-state index contributed by atoms with van der Waals surface area (Å²) in [6.07, 6.45) is 3.73. The number of amides is 2. The highest BCUT2D eigenvalue weighted by molar-refractivity contribution is 7.98. The molecule has 1 aromatic heterocycles. The molecule has 0 saturated carbocycles. The monoisotopic (exact) mass is 314 g/mol. The first-order valence-electron chi connectivity index (χ1n) is 6.26. The topological polar surface area (TPSA) is 97.6 Å². The Morgan fingerprint density at radius 3 is 2.76 bits per heavy atom. The second-order valence-electron chi connectivity index (χ2n) is 4.08. The average Bonchev–Trinajstić information content (AvgIpc) is 3.02. The summed E-state index contributed by atoms with van der Waals surface area (Å²) in [5.41, 5.74) is 0. The second kappa shape index (κ2) is 9.06. The molecule has 0 aromatic carbocycles. The Morgan fingerprint density at radius 1 is 1.43 bits per heavy atom. The van der Waals surface area contributed by atoms with E-state index in [-0.39, 0.29) is 12.3 Å². The third-order valence-electron chi connectivity index (χ3n) is 2.59. The minimum absolute atomic E-state index is 0.120. The summed E-state index contributed by atoms with van der Waals surface area (Å²) in [6.45, 7) is -0.244. The van der Waals surface area contributed by atoms with Crippen LogP contribution in [0.1, 0.15) is 17.0 Å². The number of esters is 1. The maximum absolute atomic E-state index is 11.7. The van der Waals surface area contributed by atoms with Gasteiger partial charge in [0.15, 0.2) is 5.76 Å². The van der Waals surface area contributed by atoms with Crippen LogP contribution in [0.5, 0.6) is 0 Å². The Balaban J connectivity index is 2.42. The van der Waals surface area contributed by atoms with Crippen LogP contribution < -0.4 is 10.6 Å². The molecule has 0 radical (unpaired) electrons. The standard InChI is InChI=1S/C13H18N2O5S/c1-19-13(18)9(5-7-21-2)15-11(16)8-14-12(17)10-4-3-6-20-10/h3-4,6,9H,5,7-8H2,1-2H3,(H,14,17)(H,15,16)/t9-/m1/s1. The molecule has 8 heteroatoms. The zero-order valence-corrected chi connectivity index (χ0v) is 12.7. The lowest BCUT2D eigenvalue weighted by atomic mass is 10.2. The highest BCUT2D eigenvalue weighted by Crippen LogP contribution is 2.02. The molecule has 0 aliphatic rings. The van der Waals surface area contributed by atoms with Crippen LogP contribution in [-0.2, 0) is 14.3 Å². The summed E-state index contributed by atoms with van der Waals surface area (Å²) in [7, 11) is 1.26. The molecule has 21 heavy (non-hydrogen) atoms. The zero-order chi connectivity index (χ0) is 15.7. The molecule has 1 heterocycles. The molecular weight excluding hydrogens is 296 g/mol. The fourth-order valence-corrected chi connectivity index (χ4v) is 2.00. The van der Waals surface area contributed by atoms with Crippen LogP contribution in [0.25, 0.3) is 0 Å². The van der Waals surface area contributed by atoms with Gasteiger partial charge in [-0.05, 0) is 30.6 Å². The molecule has 0 saturated heterocycles. The molecule has 0 bridgehead atoms. The second-order valence-corrected chi connectivity index (χ2v) is 5.07. The predicted molar refractivity (Wildman–Crippen MR) is 78.0 cm³/mol. The van der Waals surface area contributed by atoms with Crippen LogP contribution in [0.2, 0.25) is 0 Å². The van der Waals surface area contributed by atoms with Gasteiger partial charge >= 0.3 is 5.97 Å². The summed E-state index contributed by atoms with van der Waals surface area (Å²) in [6, 6.07) is 2.35. The average molecular weight is 314 g/mol. The first-order valence-corrected chi connectivity index (χ1v) is 7.65. The van der Waals surface area contributed by atoms with Crippen LogP contribution in [0.3, 0.4) is 0 Å². The van der Waals surface area contributed by atoms with E-state index in [0.717, 1.165) is 0 Å². The lowest BCUT2D eigenvalue weighted by molar-refractivity contribution is -0.145. The van der Waals surface area contributed by atoms with Crippen molar-refractivity contribution in [1.82, 2.24) is 10.6 Å². The number of furan rings is 1. The predicted octanol–water partition coefficient (Wildman–Crippen LogP) is 0.420. The maximum atomic E-state index is 11.7. The van der Waals surface area contributed by atoms with Gasteiger partial charge in [0.1, 0.15) is 6.04 Å². The zero-order valence-electron chi connectivity index (χ0n) is 11.9. The van der Waals surface area contributed by atoms with Gasteiger partial charge in [-0.25, -0.2) is 4.79 Å². The number of nitrogens with one attached hydrogen (secondary N) is 2. The molecule has 1 aromatic rings. The first-order chi connectivity index (χ1) is 10.1. The van der Waals surface area contributed by atoms with E-state index in [9.17, 15) is 14.4 Å². The number of methoxy groups -OCH3 is 1. The van der Waals surface area contributed by atoms with Gasteiger partial charge in [-0.1, -0.05) is 0 Å². The molecule has 1 atom stereocenters. The van der Waals surface area contributed by atoms with Crippen molar-refractivity contribution in [2.24, 2.45) is 0 Å². The first kappa shape index (κ1) is 17.1. The Labute approximate surface area is 126 Å². The van der Waals surface area contributed by atoms with Gasteiger partial charge in [0.25, 0.3) is 5.91 Å². The van der Waals surface area contributed by atoms with Crippen molar-refractivity contribution in [1.29, 1.82) is 0 Å². The summed E-state index contributed by atoms with van der Waals surface area (Å²) >= 11 is 1.56. The largest absolute Gasteiger partial charge is 0.467 e. The van der Waals surface area contributed by atoms with E-state index in [4.69, 9.17) is 4.42 Å². The van der Waals surface area contributed by atoms with Crippen molar-refractivity contribution in [3.8, 4) is 0 Å². The van der Waals surface area contributed by atoms with Crippen LogP contribution >= 0.6 is 11.8 Å². The van der Waals surface area contributed by atoms with Crippen LogP contribution in [-0.4, -0.2) is 49.5 Å². The third kappa shape index (κ3) is 5.90. The number of ether oxygens (including phenoxy) is 1. The summed E-state index contributed by atoms with van der Waals surface area (Å²) in [4.78, 5) is 34.8. The molecule has 7 nitrogen and oxygen atoms in total. The number of carbonyl (C=O) groups is 3. The fraction of sp³-hybridized carbons (Fsp3) is 0.462. The summed E-state index contributed by atoms with van der Waals surface area (Å²) < 4.78 is 9.53. The van der Waals surface area contributed by atoms with Crippen LogP contribution in [0, 0.1) is 0 Å². The molecule has 2 N–H and O–H groups in total. The van der Waals surface area contributed by atoms with Crippen molar-refractivity contribution in [2.45, 2.75) is 12.5 Å². The van der Waals surface area contributed by atoms with E-state index >= 15 is 0 Å². The Morgan fingerprint density at radius 2 is 2.19 bits per heavy atom. The summed E-state index contributed by atoms with van der Waals surface area (Å²) in [5, 5.41) is 4.93. The van der Waals surface area contributed by atoms with Gasteiger partial charge in [0.2, 0.25) is 5.91 Å². The van der Waals surface area contributed by atoms with E-state index < -0.39 is 23.8 Å². The smallest absolute Gasteiger partial charge is 0.328 e. The molecule has 116 valence electrons. The fourth-order valence-electron chi connectivity index (χ4n) is 1.53. The van der Waals surface area contributed by atoms with Gasteiger partial charge in [-0.2, -0.15) is 11.8 Å². The lowest BCUT2D eigenvalue weighted by Crippen LogP contribution is -2.46. The molecule has 0 aliphatic heterocycles. The van der Waals surface area contributed by atoms with E-state index in [1.165, 1.54) is 19.4 Å². The van der Waals surface area contributed by atoms with Crippen molar-refractivity contribution in [3.63, 3.8) is 0 Å². The Bertz CT molecular complexity index is 475. The highest BCUT2D eigenvalue weighted by Gasteiger charge is 2.21. The minimum Gasteiger partial charge on any atom is -0.467 e. The number of rotatable bonds is 8. The van der Waals surface area contributed by atoms with Gasteiger partial charge in [0.05, 0.1) is 19.9 Å². The van der Waals surface area contributed by atoms with Crippen molar-refractivity contribution in [2.75, 3.05) is 25.7 Å². The molecule has 0 unspecified atom stereocenters. The van der Waals surface area contributed by atoms with Crippen LogP contribution in [0.15, 0.2) is 22.8 Å². The molecule has 0 fully saturated rings. The quantitative estimate of drug-likeness (QED) is 0.675. The number of thioether (sulfide) groups is 1. The molecular formula is C13H18N2O5S. The highest BCUT2D eigenvalue weighted by atomic mass is 32.2. The molecule has 2 amide bonds. The van der Waals surface area contributed by atoms with E-state index in [0.29, 0.717) is 12.2 Å². The van der Waals surface area contributed by atoms with Gasteiger partial charge in [-0.3, -0.25) is 9.59 Å². The van der Waals surface area contributed by atoms with Gasteiger partial charge in [-0.15, -0.1) is 0 Å². The van der Waals surface area contributed by atoms with Crippen molar-refractivity contribution >= 4 is 29.5 Å². The molecule has 1 rings (SSSR count). The Kier molecular flexibility index (Phi) is 7.38. The van der Waals surface area contributed by atoms with E-state index in [1.807, 2.05) is 6.26 Å². The van der Waals surface area contributed by atoms with E-state index in [1.54, 1.807) is 17.8 Å². The molecule has 0 aliphatic carbocycles. The normalized spacial score (nSPS) is 11.5. The van der Waals surface area contributed by atoms with Crippen molar-refractivity contribution in [3.05, 3.63) is 24.2 Å². The van der Waals surface area contributed by atoms with Gasteiger partial charge in [0, 0.05) is 0 Å². The molecule has 0 spiro atoms. The van der Waals surface area contributed by atoms with Crippen molar-refractivity contribution < 1.29 is 23.5 Å². The summed E-state index contributed by atoms with van der Waals surface area (Å²) in [5.74, 6) is -0.636. The Hall–Kier alpha value is -1.96. The SMILES string of the molecule is COC(=O)[C@@H](CCSC)NC(=O)CNC(=O)c1ccco1. The minimum atomic E-state index is -0.713. The lowest BCUT2D eigenvalue weighted by Gasteiger charge is -2.16. The van der Waals surface area contributed by atoms with E-state index in [2.05, 4.69) is 15.4 Å². The maximum Gasteiger partial charge on any atom is 0.328 e. The van der Waals surface area contributed by atoms with Crippen LogP contribution in [0.4, 0.5) is 0 Å². The number of hydrogen-bond donors (Lipinski definition) is 2. The third-order valence-corrected chi connectivity index (χ3v) is 3.23. The number of carbonyl (C=O) groups excluding carboxylic acids is 3. The number of hydrogen-bond acceptors (Lipinski definition) is 6.